The molecule has 0 aliphatic heterocycles. The molecule has 7 heteroatoms. The Morgan fingerprint density at radius 1 is 1.00 bits per heavy atom. The molecule has 0 radical (unpaired) electrons. The predicted molar refractivity (Wildman–Crippen MR) is 69.4 cm³/mol. The molecule has 0 saturated heterocycles. The van der Waals surface area contributed by atoms with Gasteiger partial charge < -0.3 is 9.90 Å². The van der Waals surface area contributed by atoms with Crippen molar-refractivity contribution in [3.63, 3.8) is 0 Å². The Bertz CT molecular complexity index is 320. The Kier molecular flexibility index (Phi) is 15.2. The van der Waals surface area contributed by atoms with Gasteiger partial charge in [0.05, 0.1) is 18.3 Å². The third kappa shape index (κ3) is 16.3. The van der Waals surface area contributed by atoms with E-state index in [9.17, 15) is 18.3 Å². The van der Waals surface area contributed by atoms with Gasteiger partial charge >= 0.3 is 29.6 Å². The predicted octanol–water partition coefficient (Wildman–Crippen LogP) is -2.20. The summed E-state index contributed by atoms with van der Waals surface area (Å²) in [5, 5.41) is 10.1. The molecular weight excluding hydrogens is 277 g/mol. The van der Waals surface area contributed by atoms with Crippen LogP contribution in [-0.2, 0) is 14.8 Å². The van der Waals surface area contributed by atoms with Gasteiger partial charge in [-0.25, -0.2) is 13.1 Å². The number of unbranched alkanes of at least 4 members (excludes halogenated alkanes) is 7. The molecular formula is C12H24NNaO4S. The van der Waals surface area contributed by atoms with Gasteiger partial charge in [0.25, 0.3) is 0 Å². The summed E-state index contributed by atoms with van der Waals surface area (Å²) in [6, 6.07) is 0. The fraction of sp³-hybridized carbons (Fsp3) is 0.917. The van der Waals surface area contributed by atoms with E-state index in [0.29, 0.717) is 6.42 Å². The largest absolute Gasteiger partial charge is 1.00 e. The molecule has 0 heterocycles. The van der Waals surface area contributed by atoms with Gasteiger partial charge in [-0.15, -0.1) is 0 Å². The second-order valence-corrected chi connectivity index (χ2v) is 6.41. The Labute approximate surface area is 138 Å². The van der Waals surface area contributed by atoms with Crippen molar-refractivity contribution < 1.29 is 47.9 Å². The van der Waals surface area contributed by atoms with Crippen LogP contribution in [0.4, 0.5) is 0 Å². The quantitative estimate of drug-likeness (QED) is 0.327. The maximum Gasteiger partial charge on any atom is 1.00 e. The SMILES string of the molecule is CCCCCCCCCCS(=O)(=O)NCC(=O)[O-].[Na+]. The van der Waals surface area contributed by atoms with Crippen molar-refractivity contribution >= 4 is 16.0 Å². The van der Waals surface area contributed by atoms with Crippen LogP contribution in [-0.4, -0.2) is 26.7 Å². The van der Waals surface area contributed by atoms with Crippen LogP contribution in [0.25, 0.3) is 0 Å². The molecule has 0 bridgehead atoms. The molecule has 0 spiro atoms. The van der Waals surface area contributed by atoms with Crippen molar-refractivity contribution in [1.82, 2.24) is 4.72 Å². The number of carboxylic acids is 1. The zero-order chi connectivity index (χ0) is 13.9. The summed E-state index contributed by atoms with van der Waals surface area (Å²) in [7, 11) is -3.45. The Hall–Kier alpha value is 0.380. The summed E-state index contributed by atoms with van der Waals surface area (Å²) >= 11 is 0. The number of carbonyl (C=O) groups excluding carboxylic acids is 1. The number of hydrogen-bond acceptors (Lipinski definition) is 4. The average Bonchev–Trinajstić information content (AvgIpc) is 2.30. The number of nitrogens with one attached hydrogen (secondary N) is 1. The first-order valence-electron chi connectivity index (χ1n) is 6.65. The van der Waals surface area contributed by atoms with Gasteiger partial charge in [0.2, 0.25) is 10.0 Å². The number of sulfonamides is 1. The van der Waals surface area contributed by atoms with Gasteiger partial charge in [0.1, 0.15) is 0 Å². The molecule has 0 rings (SSSR count). The topological polar surface area (TPSA) is 86.3 Å². The molecule has 1 N–H and O–H groups in total. The van der Waals surface area contributed by atoms with Gasteiger partial charge in [0.15, 0.2) is 0 Å². The average molecular weight is 301 g/mol. The number of carboxylic acid groups (broad SMARTS) is 1. The zero-order valence-electron chi connectivity index (χ0n) is 12.1. The molecule has 19 heavy (non-hydrogen) atoms. The smallest absolute Gasteiger partial charge is 0.549 e. The van der Waals surface area contributed by atoms with Crippen molar-refractivity contribution in [2.75, 3.05) is 12.3 Å². The summed E-state index contributed by atoms with van der Waals surface area (Å²) in [5.41, 5.74) is 0. The minimum absolute atomic E-state index is 0. The van der Waals surface area contributed by atoms with Crippen LogP contribution in [0, 0.1) is 0 Å². The minimum Gasteiger partial charge on any atom is -0.549 e. The summed E-state index contributed by atoms with van der Waals surface area (Å²) in [6.07, 6.45) is 8.59. The van der Waals surface area contributed by atoms with Crippen molar-refractivity contribution in [3.8, 4) is 0 Å². The van der Waals surface area contributed by atoms with Gasteiger partial charge in [-0.1, -0.05) is 51.9 Å². The van der Waals surface area contributed by atoms with Crippen molar-refractivity contribution in [2.24, 2.45) is 0 Å². The van der Waals surface area contributed by atoms with E-state index in [0.717, 1.165) is 19.3 Å². The second-order valence-electron chi connectivity index (χ2n) is 4.49. The fourth-order valence-electron chi connectivity index (χ4n) is 1.67. The van der Waals surface area contributed by atoms with Crippen LogP contribution in [0.15, 0.2) is 0 Å². The molecule has 0 saturated carbocycles. The normalized spacial score (nSPS) is 11.0. The van der Waals surface area contributed by atoms with Crippen LogP contribution in [0.3, 0.4) is 0 Å². The van der Waals surface area contributed by atoms with E-state index >= 15 is 0 Å². The summed E-state index contributed by atoms with van der Waals surface area (Å²) < 4.78 is 24.6. The molecule has 0 aliphatic carbocycles. The van der Waals surface area contributed by atoms with E-state index in [1.54, 1.807) is 0 Å². The maximum atomic E-state index is 11.3. The third-order valence-corrected chi connectivity index (χ3v) is 4.11. The number of hydrogen-bond donors (Lipinski definition) is 1. The summed E-state index contributed by atoms with van der Waals surface area (Å²) in [6.45, 7) is 1.53. The van der Waals surface area contributed by atoms with Crippen LogP contribution in [0.5, 0.6) is 0 Å². The molecule has 0 unspecified atom stereocenters. The molecule has 0 aromatic rings. The molecule has 0 aromatic heterocycles. The molecule has 0 amide bonds. The zero-order valence-corrected chi connectivity index (χ0v) is 14.9. The molecule has 0 aliphatic rings. The second kappa shape index (κ2) is 13.4. The van der Waals surface area contributed by atoms with Gasteiger partial charge in [0, 0.05) is 0 Å². The van der Waals surface area contributed by atoms with E-state index < -0.39 is 22.5 Å². The molecule has 0 atom stereocenters. The summed E-state index contributed by atoms with van der Waals surface area (Å²) in [4.78, 5) is 10.1. The van der Waals surface area contributed by atoms with Crippen molar-refractivity contribution in [3.05, 3.63) is 0 Å². The Morgan fingerprint density at radius 2 is 1.47 bits per heavy atom. The molecule has 108 valence electrons. The number of carbonyl (C=O) groups is 1. The van der Waals surface area contributed by atoms with Crippen LogP contribution < -0.4 is 39.4 Å². The first-order chi connectivity index (χ1) is 8.48. The van der Waals surface area contributed by atoms with Crippen molar-refractivity contribution in [1.29, 1.82) is 0 Å². The van der Waals surface area contributed by atoms with E-state index in [-0.39, 0.29) is 35.3 Å². The van der Waals surface area contributed by atoms with E-state index in [2.05, 4.69) is 6.92 Å². The third-order valence-electron chi connectivity index (χ3n) is 2.70. The van der Waals surface area contributed by atoms with Crippen LogP contribution in [0.1, 0.15) is 58.3 Å². The van der Waals surface area contributed by atoms with Crippen molar-refractivity contribution in [2.45, 2.75) is 58.3 Å². The number of aliphatic carboxylic acids is 1. The fourth-order valence-corrected chi connectivity index (χ4v) is 2.73. The monoisotopic (exact) mass is 301 g/mol. The first kappa shape index (κ1) is 21.7. The Morgan fingerprint density at radius 3 is 1.95 bits per heavy atom. The van der Waals surface area contributed by atoms with Gasteiger partial charge in [-0.2, -0.15) is 0 Å². The van der Waals surface area contributed by atoms with Gasteiger partial charge in [-0.3, -0.25) is 0 Å². The Balaban J connectivity index is 0. The maximum absolute atomic E-state index is 11.3. The molecule has 5 nitrogen and oxygen atoms in total. The minimum atomic E-state index is -3.45. The summed E-state index contributed by atoms with van der Waals surface area (Å²) in [5.74, 6) is -1.41. The van der Waals surface area contributed by atoms with E-state index in [1.165, 1.54) is 25.7 Å². The van der Waals surface area contributed by atoms with Crippen LogP contribution in [0.2, 0.25) is 0 Å². The standard InChI is InChI=1S/C12H25NO4S.Na/c1-2-3-4-5-6-7-8-9-10-18(16,17)13-11-12(14)15;/h13H,2-11H2,1H3,(H,14,15);/q;+1/p-1. The first-order valence-corrected chi connectivity index (χ1v) is 8.30. The number of rotatable bonds is 12. The van der Waals surface area contributed by atoms with E-state index in [1.807, 2.05) is 4.72 Å². The van der Waals surface area contributed by atoms with Gasteiger partial charge in [-0.05, 0) is 6.42 Å². The van der Waals surface area contributed by atoms with Crippen LogP contribution >= 0.6 is 0 Å². The van der Waals surface area contributed by atoms with E-state index in [4.69, 9.17) is 0 Å². The molecule has 0 fully saturated rings. The molecule has 0 aromatic carbocycles.